The third kappa shape index (κ3) is 4.48. The molecule has 2 aliphatic rings. The average Bonchev–Trinajstić information content (AvgIpc) is 3.15. The van der Waals surface area contributed by atoms with Crippen molar-refractivity contribution >= 4 is 23.4 Å². The molecular weight excluding hydrogens is 412 g/mol. The molecule has 1 N–H and O–H groups in total. The van der Waals surface area contributed by atoms with Crippen molar-refractivity contribution in [3.8, 4) is 0 Å². The van der Waals surface area contributed by atoms with Crippen LogP contribution in [0.25, 0.3) is 0 Å². The van der Waals surface area contributed by atoms with Crippen LogP contribution in [0.2, 0.25) is 5.02 Å². The molecule has 4 rings (SSSR count). The minimum Gasteiger partial charge on any atom is -0.353 e. The largest absolute Gasteiger partial charge is 0.353 e. The molecule has 2 atom stereocenters. The van der Waals surface area contributed by atoms with E-state index in [4.69, 9.17) is 16.3 Å². The molecule has 2 amide bonds. The van der Waals surface area contributed by atoms with Crippen LogP contribution in [0.3, 0.4) is 0 Å². The van der Waals surface area contributed by atoms with Crippen LogP contribution in [-0.4, -0.2) is 35.1 Å². The van der Waals surface area contributed by atoms with Gasteiger partial charge in [0.15, 0.2) is 0 Å². The predicted octanol–water partition coefficient (Wildman–Crippen LogP) is 4.96. The number of benzene rings is 2. The number of amides is 2. The zero-order chi connectivity index (χ0) is 22.0. The minimum atomic E-state index is -0.732. The first-order valence-corrected chi connectivity index (χ1v) is 11.4. The maximum Gasteiger partial charge on any atom is 0.256 e. The first kappa shape index (κ1) is 21.8. The highest BCUT2D eigenvalue weighted by molar-refractivity contribution is 6.31. The molecule has 0 radical (unpaired) electrons. The van der Waals surface area contributed by atoms with Crippen molar-refractivity contribution in [3.05, 3.63) is 70.7 Å². The molecule has 0 bridgehead atoms. The molecule has 0 aromatic heterocycles. The van der Waals surface area contributed by atoms with Gasteiger partial charge < -0.3 is 10.1 Å². The van der Waals surface area contributed by atoms with Crippen LogP contribution in [0, 0.1) is 5.92 Å². The topological polar surface area (TPSA) is 58.6 Å². The molecule has 6 heteroatoms. The molecule has 0 unspecified atom stereocenters. The quantitative estimate of drug-likeness (QED) is 0.730. The van der Waals surface area contributed by atoms with Crippen molar-refractivity contribution in [2.45, 2.75) is 57.3 Å². The third-order valence-electron chi connectivity index (χ3n) is 6.57. The fourth-order valence-electron chi connectivity index (χ4n) is 4.68. The normalized spacial score (nSPS) is 26.6. The Morgan fingerprint density at radius 1 is 1.13 bits per heavy atom. The summed E-state index contributed by atoms with van der Waals surface area (Å²) in [7, 11) is 0. The van der Waals surface area contributed by atoms with Gasteiger partial charge in [-0.25, -0.2) is 0 Å². The lowest BCUT2D eigenvalue weighted by atomic mass is 9.83. The Labute approximate surface area is 188 Å². The molecule has 5 nitrogen and oxygen atoms in total. The lowest BCUT2D eigenvalue weighted by molar-refractivity contribution is -0.128. The maximum atomic E-state index is 13.6. The Hall–Kier alpha value is -2.37. The van der Waals surface area contributed by atoms with E-state index < -0.39 is 11.8 Å². The SMILES string of the molecule is CC1CCC2(CC1)OC[C@@H](C(=O)N[C@@H](C)c1ccccc1)N2C(=O)c1cccc(Cl)c1. The second kappa shape index (κ2) is 9.01. The summed E-state index contributed by atoms with van der Waals surface area (Å²) in [5.74, 6) is 0.188. The summed E-state index contributed by atoms with van der Waals surface area (Å²) in [5, 5.41) is 3.57. The van der Waals surface area contributed by atoms with Crippen molar-refractivity contribution < 1.29 is 14.3 Å². The molecular formula is C25H29ClN2O3. The number of nitrogens with zero attached hydrogens (tertiary/aromatic N) is 1. The first-order valence-electron chi connectivity index (χ1n) is 11.0. The van der Waals surface area contributed by atoms with Gasteiger partial charge in [0.05, 0.1) is 12.6 Å². The second-order valence-corrected chi connectivity index (χ2v) is 9.22. The number of hydrogen-bond donors (Lipinski definition) is 1. The Bertz CT molecular complexity index is 941. The average molecular weight is 441 g/mol. The first-order chi connectivity index (χ1) is 14.9. The van der Waals surface area contributed by atoms with E-state index in [0.717, 1.165) is 31.2 Å². The van der Waals surface area contributed by atoms with Crippen LogP contribution in [0.5, 0.6) is 0 Å². The maximum absolute atomic E-state index is 13.6. The van der Waals surface area contributed by atoms with Crippen LogP contribution in [-0.2, 0) is 9.53 Å². The smallest absolute Gasteiger partial charge is 0.256 e. The monoisotopic (exact) mass is 440 g/mol. The van der Waals surface area contributed by atoms with Crippen LogP contribution < -0.4 is 5.32 Å². The highest BCUT2D eigenvalue weighted by atomic mass is 35.5. The minimum absolute atomic E-state index is 0.167. The van der Waals surface area contributed by atoms with Crippen molar-refractivity contribution in [1.29, 1.82) is 0 Å². The Morgan fingerprint density at radius 3 is 2.52 bits per heavy atom. The van der Waals surface area contributed by atoms with E-state index in [0.29, 0.717) is 16.5 Å². The third-order valence-corrected chi connectivity index (χ3v) is 6.80. The van der Waals surface area contributed by atoms with Crippen LogP contribution in [0.4, 0.5) is 0 Å². The summed E-state index contributed by atoms with van der Waals surface area (Å²) in [6, 6.07) is 15.9. The number of hydrogen-bond acceptors (Lipinski definition) is 3. The number of halogens is 1. The summed E-state index contributed by atoms with van der Waals surface area (Å²) < 4.78 is 6.25. The summed E-state index contributed by atoms with van der Waals surface area (Å²) in [6.45, 7) is 4.37. The molecule has 1 saturated carbocycles. The molecule has 31 heavy (non-hydrogen) atoms. The van der Waals surface area contributed by atoms with Gasteiger partial charge in [-0.15, -0.1) is 0 Å². The highest BCUT2D eigenvalue weighted by Crippen LogP contribution is 2.43. The van der Waals surface area contributed by atoms with Gasteiger partial charge in [-0.2, -0.15) is 0 Å². The summed E-state index contributed by atoms with van der Waals surface area (Å²) >= 11 is 6.15. The fraction of sp³-hybridized carbons (Fsp3) is 0.440. The molecule has 164 valence electrons. The van der Waals surface area contributed by atoms with Gasteiger partial charge in [0.1, 0.15) is 11.8 Å². The summed E-state index contributed by atoms with van der Waals surface area (Å²) in [4.78, 5) is 28.6. The van der Waals surface area contributed by atoms with Gasteiger partial charge in [0.25, 0.3) is 5.91 Å². The lowest BCUT2D eigenvalue weighted by Crippen LogP contribution is -2.57. The van der Waals surface area contributed by atoms with Gasteiger partial charge in [-0.3, -0.25) is 14.5 Å². The zero-order valence-electron chi connectivity index (χ0n) is 18.0. The van der Waals surface area contributed by atoms with E-state index in [-0.39, 0.29) is 24.5 Å². The van der Waals surface area contributed by atoms with E-state index in [2.05, 4.69) is 12.2 Å². The second-order valence-electron chi connectivity index (χ2n) is 8.78. The predicted molar refractivity (Wildman–Crippen MR) is 121 cm³/mol. The number of carbonyl (C=O) groups is 2. The van der Waals surface area contributed by atoms with Crippen molar-refractivity contribution in [2.75, 3.05) is 6.61 Å². The van der Waals surface area contributed by atoms with Crippen molar-refractivity contribution in [1.82, 2.24) is 10.2 Å². The molecule has 2 fully saturated rings. The Morgan fingerprint density at radius 2 is 1.84 bits per heavy atom. The summed E-state index contributed by atoms with van der Waals surface area (Å²) in [6.07, 6.45) is 3.40. The molecule has 1 saturated heterocycles. The molecule has 2 aromatic carbocycles. The van der Waals surface area contributed by atoms with Gasteiger partial charge in [0, 0.05) is 10.6 Å². The number of nitrogens with one attached hydrogen (secondary N) is 1. The van der Waals surface area contributed by atoms with Crippen molar-refractivity contribution in [2.24, 2.45) is 5.92 Å². The van der Waals surface area contributed by atoms with E-state index >= 15 is 0 Å². The molecule has 1 aliphatic carbocycles. The molecule has 1 spiro atoms. The summed E-state index contributed by atoms with van der Waals surface area (Å²) in [5.41, 5.74) is 0.762. The Balaban J connectivity index is 1.61. The molecule has 2 aromatic rings. The van der Waals surface area contributed by atoms with Crippen LogP contribution in [0.1, 0.15) is 61.5 Å². The van der Waals surface area contributed by atoms with Gasteiger partial charge in [-0.05, 0) is 62.3 Å². The van der Waals surface area contributed by atoms with Crippen LogP contribution >= 0.6 is 11.6 Å². The van der Waals surface area contributed by atoms with Gasteiger partial charge >= 0.3 is 0 Å². The molecule has 1 heterocycles. The van der Waals surface area contributed by atoms with E-state index in [1.165, 1.54) is 0 Å². The number of carbonyl (C=O) groups excluding carboxylic acids is 2. The van der Waals surface area contributed by atoms with Crippen molar-refractivity contribution in [3.63, 3.8) is 0 Å². The van der Waals surface area contributed by atoms with E-state index in [1.54, 1.807) is 29.2 Å². The lowest BCUT2D eigenvalue weighted by Gasteiger charge is -2.43. The Kier molecular flexibility index (Phi) is 6.35. The van der Waals surface area contributed by atoms with Gasteiger partial charge in [-0.1, -0.05) is 54.9 Å². The zero-order valence-corrected chi connectivity index (χ0v) is 18.8. The fourth-order valence-corrected chi connectivity index (χ4v) is 4.87. The highest BCUT2D eigenvalue weighted by Gasteiger charge is 2.53. The van der Waals surface area contributed by atoms with Gasteiger partial charge in [0.2, 0.25) is 5.91 Å². The number of ether oxygens (including phenoxy) is 1. The van der Waals surface area contributed by atoms with E-state index in [9.17, 15) is 9.59 Å². The van der Waals surface area contributed by atoms with Crippen LogP contribution in [0.15, 0.2) is 54.6 Å². The van der Waals surface area contributed by atoms with E-state index in [1.807, 2.05) is 37.3 Å². The molecule has 1 aliphatic heterocycles. The standard InChI is InChI=1S/C25H29ClN2O3/c1-17-11-13-25(14-12-17)28(24(30)20-9-6-10-21(26)15-20)22(16-31-25)23(29)27-18(2)19-7-4-3-5-8-19/h3-10,15,17-18,22H,11-14,16H2,1-2H3,(H,27,29)/t17?,18-,22-,25?/m0/s1. The number of rotatable bonds is 4.